The van der Waals surface area contributed by atoms with E-state index in [4.69, 9.17) is 0 Å². The second-order valence-corrected chi connectivity index (χ2v) is 4.95. The molecule has 5 nitrogen and oxygen atoms in total. The lowest BCUT2D eigenvalue weighted by Crippen LogP contribution is -2.45. The predicted molar refractivity (Wildman–Crippen MR) is 73.6 cm³/mol. The van der Waals surface area contributed by atoms with Crippen molar-refractivity contribution < 1.29 is 14.7 Å². The van der Waals surface area contributed by atoms with Gasteiger partial charge in [0, 0.05) is 23.4 Å². The van der Waals surface area contributed by atoms with Crippen LogP contribution in [0.15, 0.2) is 37.1 Å². The molecular weight excluding hydrogens is 256 g/mol. The smallest absolute Gasteiger partial charge is 0.263 e. The van der Waals surface area contributed by atoms with Gasteiger partial charge < -0.3 is 10.4 Å². The Morgan fingerprint density at radius 1 is 1.30 bits per heavy atom. The number of phenolic OH excluding ortho intramolecular Hbond substituents is 1. The van der Waals surface area contributed by atoms with E-state index in [0.717, 1.165) is 0 Å². The first-order chi connectivity index (χ1) is 9.50. The molecule has 1 aromatic carbocycles. The highest BCUT2D eigenvalue weighted by Gasteiger charge is 2.40. The van der Waals surface area contributed by atoms with E-state index in [1.807, 2.05) is 0 Å². The number of hydrogen-bond acceptors (Lipinski definition) is 3. The van der Waals surface area contributed by atoms with Crippen LogP contribution in [0.5, 0.6) is 5.75 Å². The highest BCUT2D eigenvalue weighted by Crippen LogP contribution is 2.39. The SMILES string of the molecule is C=C1NC(=O)CCC1N1C(=C)c2cccc(O)c2C1=O. The lowest BCUT2D eigenvalue weighted by atomic mass is 10.0. The highest BCUT2D eigenvalue weighted by atomic mass is 16.3. The fourth-order valence-electron chi connectivity index (χ4n) is 2.76. The fraction of sp³-hybridized carbons (Fsp3) is 0.200. The van der Waals surface area contributed by atoms with Gasteiger partial charge in [-0.15, -0.1) is 0 Å². The van der Waals surface area contributed by atoms with Crippen molar-refractivity contribution in [3.05, 3.63) is 48.2 Å². The first-order valence-electron chi connectivity index (χ1n) is 6.34. The predicted octanol–water partition coefficient (Wildman–Crippen LogP) is 1.61. The lowest BCUT2D eigenvalue weighted by molar-refractivity contribution is -0.121. The van der Waals surface area contributed by atoms with Crippen molar-refractivity contribution in [3.8, 4) is 5.75 Å². The van der Waals surface area contributed by atoms with Crippen LogP contribution < -0.4 is 5.32 Å². The van der Waals surface area contributed by atoms with Crippen LogP contribution in [-0.2, 0) is 4.79 Å². The van der Waals surface area contributed by atoms with E-state index >= 15 is 0 Å². The molecule has 2 aliphatic heterocycles. The number of carbonyl (C=O) groups excluding carboxylic acids is 2. The first kappa shape index (κ1) is 12.5. The molecule has 1 saturated heterocycles. The van der Waals surface area contributed by atoms with Crippen LogP contribution in [-0.4, -0.2) is 27.9 Å². The van der Waals surface area contributed by atoms with Gasteiger partial charge in [-0.1, -0.05) is 25.3 Å². The van der Waals surface area contributed by atoms with Crippen molar-refractivity contribution in [1.29, 1.82) is 0 Å². The number of rotatable bonds is 1. The Morgan fingerprint density at radius 3 is 2.70 bits per heavy atom. The van der Waals surface area contributed by atoms with Crippen LogP contribution in [0.1, 0.15) is 28.8 Å². The lowest BCUT2D eigenvalue weighted by Gasteiger charge is -2.33. The van der Waals surface area contributed by atoms with Crippen LogP contribution in [0.2, 0.25) is 0 Å². The van der Waals surface area contributed by atoms with Crippen LogP contribution in [0.4, 0.5) is 0 Å². The van der Waals surface area contributed by atoms with E-state index in [-0.39, 0.29) is 29.2 Å². The van der Waals surface area contributed by atoms with E-state index < -0.39 is 0 Å². The summed E-state index contributed by atoms with van der Waals surface area (Å²) in [7, 11) is 0. The molecule has 102 valence electrons. The Balaban J connectivity index is 2.00. The summed E-state index contributed by atoms with van der Waals surface area (Å²) < 4.78 is 0. The molecule has 3 rings (SSSR count). The summed E-state index contributed by atoms with van der Waals surface area (Å²) in [5.74, 6) is -0.448. The van der Waals surface area contributed by atoms with Crippen molar-refractivity contribution in [2.24, 2.45) is 0 Å². The largest absolute Gasteiger partial charge is 0.507 e. The number of nitrogens with zero attached hydrogens (tertiary/aromatic N) is 1. The molecule has 0 spiro atoms. The number of piperidine rings is 1. The maximum atomic E-state index is 12.5. The summed E-state index contributed by atoms with van der Waals surface area (Å²) in [6.45, 7) is 7.75. The second kappa shape index (κ2) is 4.23. The number of nitrogens with one attached hydrogen (secondary N) is 1. The molecule has 1 unspecified atom stereocenters. The molecule has 0 aliphatic carbocycles. The number of aromatic hydroxyl groups is 1. The summed E-state index contributed by atoms with van der Waals surface area (Å²) in [6.07, 6.45) is 0.841. The molecule has 0 bridgehead atoms. The Labute approximate surface area is 116 Å². The second-order valence-electron chi connectivity index (χ2n) is 4.95. The number of carbonyl (C=O) groups is 2. The van der Waals surface area contributed by atoms with Crippen molar-refractivity contribution >= 4 is 17.5 Å². The topological polar surface area (TPSA) is 69.6 Å². The zero-order valence-corrected chi connectivity index (χ0v) is 10.8. The Kier molecular flexibility index (Phi) is 2.64. The molecule has 2 heterocycles. The summed E-state index contributed by atoms with van der Waals surface area (Å²) in [6, 6.07) is 4.58. The summed E-state index contributed by atoms with van der Waals surface area (Å²) in [5, 5.41) is 12.5. The summed E-state index contributed by atoms with van der Waals surface area (Å²) in [4.78, 5) is 25.3. The van der Waals surface area contributed by atoms with Gasteiger partial charge in [-0.25, -0.2) is 0 Å². The van der Waals surface area contributed by atoms with Crippen molar-refractivity contribution in [1.82, 2.24) is 10.2 Å². The van der Waals surface area contributed by atoms with E-state index in [9.17, 15) is 14.7 Å². The van der Waals surface area contributed by atoms with Crippen LogP contribution in [0.3, 0.4) is 0 Å². The van der Waals surface area contributed by atoms with Crippen LogP contribution in [0.25, 0.3) is 5.70 Å². The molecular formula is C15H14N2O3. The molecule has 2 aliphatic rings. The molecule has 1 atom stereocenters. The minimum absolute atomic E-state index is 0.0541. The highest BCUT2D eigenvalue weighted by molar-refractivity contribution is 6.11. The zero-order chi connectivity index (χ0) is 14.4. The van der Waals surface area contributed by atoms with Gasteiger partial charge in [-0.05, 0) is 12.5 Å². The van der Waals surface area contributed by atoms with Crippen molar-refractivity contribution in [2.75, 3.05) is 0 Å². The molecule has 1 fully saturated rings. The molecule has 5 heteroatoms. The molecule has 1 aromatic rings. The minimum Gasteiger partial charge on any atom is -0.507 e. The van der Waals surface area contributed by atoms with Gasteiger partial charge >= 0.3 is 0 Å². The van der Waals surface area contributed by atoms with Gasteiger partial charge in [0.05, 0.1) is 11.6 Å². The zero-order valence-electron chi connectivity index (χ0n) is 10.8. The first-order valence-corrected chi connectivity index (χ1v) is 6.34. The van der Waals surface area contributed by atoms with Gasteiger partial charge in [-0.2, -0.15) is 0 Å². The minimum atomic E-state index is -0.320. The fourth-order valence-corrected chi connectivity index (χ4v) is 2.76. The van der Waals surface area contributed by atoms with E-state index in [0.29, 0.717) is 29.8 Å². The quantitative estimate of drug-likeness (QED) is 0.814. The Morgan fingerprint density at radius 2 is 2.05 bits per heavy atom. The van der Waals surface area contributed by atoms with Crippen molar-refractivity contribution in [3.63, 3.8) is 0 Å². The molecule has 2 N–H and O–H groups in total. The molecule has 0 saturated carbocycles. The third-order valence-corrected chi connectivity index (χ3v) is 3.74. The summed E-state index contributed by atoms with van der Waals surface area (Å²) >= 11 is 0. The number of phenols is 1. The molecule has 0 aromatic heterocycles. The third-order valence-electron chi connectivity index (χ3n) is 3.74. The van der Waals surface area contributed by atoms with Gasteiger partial charge in [-0.3, -0.25) is 14.5 Å². The molecule has 0 radical (unpaired) electrons. The van der Waals surface area contributed by atoms with Crippen LogP contribution >= 0.6 is 0 Å². The number of amides is 2. The van der Waals surface area contributed by atoms with Gasteiger partial charge in [0.15, 0.2) is 0 Å². The maximum Gasteiger partial charge on any atom is 0.263 e. The van der Waals surface area contributed by atoms with Crippen molar-refractivity contribution in [2.45, 2.75) is 18.9 Å². The van der Waals surface area contributed by atoms with Gasteiger partial charge in [0.2, 0.25) is 5.91 Å². The van der Waals surface area contributed by atoms with Gasteiger partial charge in [0.1, 0.15) is 5.75 Å². The monoisotopic (exact) mass is 270 g/mol. The van der Waals surface area contributed by atoms with Gasteiger partial charge in [0.25, 0.3) is 5.91 Å². The Hall–Kier alpha value is -2.56. The van der Waals surface area contributed by atoms with E-state index in [2.05, 4.69) is 18.5 Å². The van der Waals surface area contributed by atoms with E-state index in [1.165, 1.54) is 11.0 Å². The number of benzene rings is 1. The summed E-state index contributed by atoms with van der Waals surface area (Å²) in [5.41, 5.74) is 1.91. The van der Waals surface area contributed by atoms with Crippen LogP contribution in [0, 0.1) is 0 Å². The average Bonchev–Trinajstić information content (AvgIpc) is 2.64. The third kappa shape index (κ3) is 1.63. The number of hydrogen-bond donors (Lipinski definition) is 2. The number of fused-ring (bicyclic) bond motifs is 1. The Bertz CT molecular complexity index is 663. The molecule has 2 amide bonds. The standard InChI is InChI=1S/C15H14N2O3/c1-8-11(6-7-13(19)16-8)17-9(2)10-4-3-5-12(18)14(10)15(17)20/h3-5,11,18H,1-2,6-7H2,(H,16,19). The average molecular weight is 270 g/mol. The normalized spacial score (nSPS) is 22.0. The maximum absolute atomic E-state index is 12.5. The van der Waals surface area contributed by atoms with E-state index in [1.54, 1.807) is 12.1 Å². The molecule has 20 heavy (non-hydrogen) atoms.